The first kappa shape index (κ1) is 13.4. The summed E-state index contributed by atoms with van der Waals surface area (Å²) in [4.78, 5) is 0. The highest BCUT2D eigenvalue weighted by Crippen LogP contribution is 2.27. The van der Waals surface area contributed by atoms with Crippen molar-refractivity contribution in [3.8, 4) is 5.75 Å². The number of hydrogen-bond donors (Lipinski definition) is 2. The summed E-state index contributed by atoms with van der Waals surface area (Å²) in [5.41, 5.74) is 3.12. The van der Waals surface area contributed by atoms with E-state index in [0.717, 1.165) is 22.4 Å². The minimum atomic E-state index is -0.764. The van der Waals surface area contributed by atoms with Gasteiger partial charge in [-0.3, -0.25) is 0 Å². The molecule has 2 N–H and O–H groups in total. The highest BCUT2D eigenvalue weighted by molar-refractivity contribution is 7.10. The van der Waals surface area contributed by atoms with E-state index in [1.807, 2.05) is 26.0 Å². The number of rotatable bonds is 4. The Morgan fingerprint density at radius 1 is 1.31 bits per heavy atom. The van der Waals surface area contributed by atoms with Gasteiger partial charge in [0.2, 0.25) is 0 Å². The van der Waals surface area contributed by atoms with Gasteiger partial charge in [0.1, 0.15) is 5.75 Å². The Bertz CT molecular complexity index is 364. The van der Waals surface area contributed by atoms with Gasteiger partial charge < -0.3 is 14.7 Å². The van der Waals surface area contributed by atoms with Gasteiger partial charge in [0.15, 0.2) is 0 Å². The Morgan fingerprint density at radius 3 is 2.44 bits per heavy atom. The van der Waals surface area contributed by atoms with E-state index in [0.29, 0.717) is 6.42 Å². The van der Waals surface area contributed by atoms with E-state index in [4.69, 9.17) is 4.52 Å². The van der Waals surface area contributed by atoms with E-state index in [1.54, 1.807) is 6.92 Å². The fourth-order valence-corrected chi connectivity index (χ4v) is 1.92. The molecule has 1 aromatic rings. The lowest BCUT2D eigenvalue weighted by molar-refractivity contribution is 0.0317. The molecular weight excluding hydrogens is 223 g/mol. The molecule has 0 aliphatic carbocycles. The molecule has 0 fully saturated rings. The predicted molar refractivity (Wildman–Crippen MR) is 67.6 cm³/mol. The minimum Gasteiger partial charge on any atom is -0.480 e. The highest BCUT2D eigenvalue weighted by Gasteiger charge is 2.16. The van der Waals surface area contributed by atoms with Crippen LogP contribution in [0.2, 0.25) is 0 Å². The van der Waals surface area contributed by atoms with E-state index >= 15 is 0 Å². The third kappa shape index (κ3) is 3.18. The van der Waals surface area contributed by atoms with E-state index in [-0.39, 0.29) is 0 Å². The van der Waals surface area contributed by atoms with Crippen LogP contribution in [0.15, 0.2) is 12.1 Å². The molecule has 0 heterocycles. The van der Waals surface area contributed by atoms with Crippen LogP contribution in [-0.4, -0.2) is 22.4 Å². The normalized spacial score (nSPS) is 14.6. The maximum atomic E-state index is 9.68. The molecule has 4 heteroatoms. The maximum Gasteiger partial charge on any atom is 0.126 e. The van der Waals surface area contributed by atoms with Gasteiger partial charge in [-0.15, -0.1) is 0 Å². The Balaban J connectivity index is 3.02. The average molecular weight is 242 g/mol. The summed E-state index contributed by atoms with van der Waals surface area (Å²) in [5, 5.41) is 19.0. The number of hydrogen-bond acceptors (Lipinski definition) is 3. The van der Waals surface area contributed by atoms with Crippen molar-refractivity contribution in [3.63, 3.8) is 0 Å². The second-order valence-corrected chi connectivity index (χ2v) is 4.42. The van der Waals surface area contributed by atoms with Crippen LogP contribution < -0.4 is 4.52 Å². The van der Waals surface area contributed by atoms with Crippen molar-refractivity contribution in [2.24, 2.45) is 0 Å². The van der Waals surface area contributed by atoms with Gasteiger partial charge in [-0.2, -0.15) is 0 Å². The Morgan fingerprint density at radius 2 is 1.94 bits per heavy atom. The molecule has 1 aromatic carbocycles. The van der Waals surface area contributed by atoms with Gasteiger partial charge in [-0.25, -0.2) is 0 Å². The summed E-state index contributed by atoms with van der Waals surface area (Å²) in [5.74, 6) is 0.738. The number of aryl methyl sites for hydroxylation is 2. The molecule has 0 aliphatic rings. The molecule has 90 valence electrons. The van der Waals surface area contributed by atoms with Crippen LogP contribution in [-0.2, 0) is 6.42 Å². The zero-order valence-electron chi connectivity index (χ0n) is 9.90. The lowest BCUT2D eigenvalue weighted by atomic mass is 9.97. The summed E-state index contributed by atoms with van der Waals surface area (Å²) in [6.45, 7) is 5.55. The summed E-state index contributed by atoms with van der Waals surface area (Å²) < 4.78 is 5.21. The number of aliphatic hydroxyl groups excluding tert-OH is 2. The van der Waals surface area contributed by atoms with Gasteiger partial charge in [-0.1, -0.05) is 6.07 Å². The largest absolute Gasteiger partial charge is 0.480 e. The Kier molecular flexibility index (Phi) is 4.72. The first-order chi connectivity index (χ1) is 7.45. The van der Waals surface area contributed by atoms with Gasteiger partial charge >= 0.3 is 0 Å². The van der Waals surface area contributed by atoms with Crippen molar-refractivity contribution in [1.82, 2.24) is 0 Å². The van der Waals surface area contributed by atoms with Crippen LogP contribution in [0.4, 0.5) is 0 Å². The topological polar surface area (TPSA) is 49.7 Å². The van der Waals surface area contributed by atoms with Crippen molar-refractivity contribution in [2.45, 2.75) is 39.4 Å². The molecular formula is C12H19O3P. The molecule has 0 aliphatic heterocycles. The number of benzene rings is 1. The molecule has 0 saturated heterocycles. The van der Waals surface area contributed by atoms with Crippen LogP contribution in [0.3, 0.4) is 0 Å². The van der Waals surface area contributed by atoms with Gasteiger partial charge in [0.25, 0.3) is 0 Å². The third-order valence-electron chi connectivity index (χ3n) is 2.67. The van der Waals surface area contributed by atoms with E-state index in [9.17, 15) is 10.2 Å². The second kappa shape index (κ2) is 5.62. The molecule has 0 aromatic heterocycles. The molecule has 0 saturated carbocycles. The van der Waals surface area contributed by atoms with Crippen molar-refractivity contribution < 1.29 is 14.7 Å². The van der Waals surface area contributed by atoms with Crippen molar-refractivity contribution in [2.75, 3.05) is 0 Å². The summed E-state index contributed by atoms with van der Waals surface area (Å²) in [6.07, 6.45) is -1.11. The van der Waals surface area contributed by atoms with Gasteiger partial charge in [0.05, 0.1) is 21.7 Å². The molecule has 3 unspecified atom stereocenters. The van der Waals surface area contributed by atoms with E-state index in [1.165, 1.54) is 0 Å². The highest BCUT2D eigenvalue weighted by atomic mass is 31.0. The third-order valence-corrected chi connectivity index (χ3v) is 2.93. The van der Waals surface area contributed by atoms with Gasteiger partial charge in [0, 0.05) is 6.42 Å². The van der Waals surface area contributed by atoms with Gasteiger partial charge in [-0.05, 0) is 43.5 Å². The zero-order valence-corrected chi connectivity index (χ0v) is 11.1. The van der Waals surface area contributed by atoms with E-state index in [2.05, 4.69) is 9.47 Å². The van der Waals surface area contributed by atoms with Crippen LogP contribution in [0.5, 0.6) is 5.75 Å². The first-order valence-corrected chi connectivity index (χ1v) is 5.75. The van der Waals surface area contributed by atoms with Crippen molar-refractivity contribution in [3.05, 3.63) is 28.8 Å². The van der Waals surface area contributed by atoms with Crippen molar-refractivity contribution >= 4 is 9.47 Å². The SMILES string of the molecule is Cc1cc(C)c(CC(O)C(C)O)c(OP)c1. The smallest absolute Gasteiger partial charge is 0.126 e. The number of aliphatic hydroxyl groups is 2. The molecule has 16 heavy (non-hydrogen) atoms. The monoisotopic (exact) mass is 242 g/mol. The quantitative estimate of drug-likeness (QED) is 0.791. The maximum absolute atomic E-state index is 9.68. The summed E-state index contributed by atoms with van der Waals surface area (Å²) in [6, 6.07) is 3.96. The molecule has 1 rings (SSSR count). The molecule has 3 atom stereocenters. The Labute approximate surface area is 98.7 Å². The first-order valence-electron chi connectivity index (χ1n) is 5.28. The molecule has 3 nitrogen and oxygen atoms in total. The molecule has 0 spiro atoms. The second-order valence-electron chi connectivity index (χ2n) is 4.19. The van der Waals surface area contributed by atoms with Crippen LogP contribution in [0.25, 0.3) is 0 Å². The van der Waals surface area contributed by atoms with Crippen LogP contribution in [0, 0.1) is 13.8 Å². The van der Waals surface area contributed by atoms with Crippen LogP contribution >= 0.6 is 9.47 Å². The fourth-order valence-electron chi connectivity index (χ4n) is 1.70. The molecule has 0 bridgehead atoms. The zero-order chi connectivity index (χ0) is 12.3. The standard InChI is InChI=1S/C12H19O3P/c1-7-4-8(2)10(12(5-7)15-16)6-11(14)9(3)13/h4-5,9,11,13-14H,6,16H2,1-3H3. The van der Waals surface area contributed by atoms with Crippen molar-refractivity contribution in [1.29, 1.82) is 0 Å². The minimum absolute atomic E-state index is 0.396. The summed E-state index contributed by atoms with van der Waals surface area (Å²) in [7, 11) is 2.21. The lowest BCUT2D eigenvalue weighted by Crippen LogP contribution is -2.25. The fraction of sp³-hybridized carbons (Fsp3) is 0.500. The predicted octanol–water partition coefficient (Wildman–Crippen LogP) is 1.76. The van der Waals surface area contributed by atoms with Crippen LogP contribution in [0.1, 0.15) is 23.6 Å². The lowest BCUT2D eigenvalue weighted by Gasteiger charge is -2.18. The average Bonchev–Trinajstić information content (AvgIpc) is 2.21. The van der Waals surface area contributed by atoms with E-state index < -0.39 is 12.2 Å². The summed E-state index contributed by atoms with van der Waals surface area (Å²) >= 11 is 0. The molecule has 0 radical (unpaired) electrons. The molecule has 0 amide bonds. The Hall–Kier alpha value is -0.630.